The molecular weight excluding hydrogens is 192 g/mol. The van der Waals surface area contributed by atoms with E-state index in [0.29, 0.717) is 12.2 Å². The molecule has 5 nitrogen and oxygen atoms in total. The maximum Gasteiger partial charge on any atom is 0.363 e. The smallest absolute Gasteiger partial charge is 0.338 e. The summed E-state index contributed by atoms with van der Waals surface area (Å²) in [6.07, 6.45) is 0.697. The topological polar surface area (TPSA) is 70.7 Å². The molecule has 0 unspecified atom stereocenters. The van der Waals surface area contributed by atoms with Gasteiger partial charge in [-0.15, -0.1) is 0 Å². The summed E-state index contributed by atoms with van der Waals surface area (Å²) in [6.45, 7) is 0. The number of nitrogens with zero attached hydrogens (tertiary/aromatic N) is 2. The maximum absolute atomic E-state index is 11.0. The number of hydrogen-bond donors (Lipinski definition) is 2. The van der Waals surface area contributed by atoms with Crippen LogP contribution in [0, 0.1) is 0 Å². The van der Waals surface area contributed by atoms with E-state index in [2.05, 4.69) is 20.5 Å². The number of nitrogens with one attached hydrogen (secondary N) is 2. The standard InChI is InChI=1S/C10H8N4O/c15-10-12-9-8(13-14-10)5-6-3-1-2-4-7(6)11-9/h1-4H,5H2,(H2,11,12,14,15). The van der Waals surface area contributed by atoms with Gasteiger partial charge < -0.3 is 5.32 Å². The largest absolute Gasteiger partial charge is 0.363 e. The van der Waals surface area contributed by atoms with Crippen molar-refractivity contribution in [3.63, 3.8) is 0 Å². The van der Waals surface area contributed by atoms with Gasteiger partial charge in [0.25, 0.3) is 0 Å². The summed E-state index contributed by atoms with van der Waals surface area (Å²) < 4.78 is 0. The summed E-state index contributed by atoms with van der Waals surface area (Å²) in [6, 6.07) is 7.90. The molecule has 15 heavy (non-hydrogen) atoms. The average Bonchev–Trinajstić information content (AvgIpc) is 2.26. The number of anilines is 2. The fourth-order valence-electron chi connectivity index (χ4n) is 1.69. The zero-order valence-electron chi connectivity index (χ0n) is 7.82. The molecule has 1 aliphatic heterocycles. The maximum atomic E-state index is 11.0. The summed E-state index contributed by atoms with van der Waals surface area (Å²) in [5.41, 5.74) is 2.49. The number of hydrogen-bond acceptors (Lipinski definition) is 4. The number of aromatic nitrogens is 3. The van der Waals surface area contributed by atoms with E-state index in [1.807, 2.05) is 24.3 Å². The van der Waals surface area contributed by atoms with Gasteiger partial charge in [-0.25, -0.2) is 9.89 Å². The monoisotopic (exact) mass is 200 g/mol. The van der Waals surface area contributed by atoms with Gasteiger partial charge in [-0.05, 0) is 11.6 Å². The Morgan fingerprint density at radius 3 is 3.07 bits per heavy atom. The second-order valence-corrected chi connectivity index (χ2v) is 3.39. The Labute approximate surface area is 85.2 Å². The molecular formula is C10H8N4O. The molecule has 0 saturated heterocycles. The predicted octanol–water partition coefficient (Wildman–Crippen LogP) is 0.813. The van der Waals surface area contributed by atoms with Crippen LogP contribution in [0.4, 0.5) is 11.5 Å². The van der Waals surface area contributed by atoms with Crippen LogP contribution in [0.15, 0.2) is 29.1 Å². The second kappa shape index (κ2) is 2.91. The van der Waals surface area contributed by atoms with E-state index >= 15 is 0 Å². The zero-order chi connectivity index (χ0) is 10.3. The normalized spacial score (nSPS) is 12.5. The highest BCUT2D eigenvalue weighted by Crippen LogP contribution is 2.28. The van der Waals surface area contributed by atoms with Crippen LogP contribution in [0.2, 0.25) is 0 Å². The third kappa shape index (κ3) is 1.28. The summed E-state index contributed by atoms with van der Waals surface area (Å²) in [4.78, 5) is 14.8. The number of rotatable bonds is 0. The lowest BCUT2D eigenvalue weighted by Gasteiger charge is -2.17. The zero-order valence-corrected chi connectivity index (χ0v) is 7.82. The third-order valence-corrected chi connectivity index (χ3v) is 2.40. The molecule has 0 aliphatic carbocycles. The molecule has 0 saturated carbocycles. The van der Waals surface area contributed by atoms with E-state index in [0.717, 1.165) is 16.9 Å². The quantitative estimate of drug-likeness (QED) is 0.563. The molecule has 3 rings (SSSR count). The minimum Gasteiger partial charge on any atom is -0.338 e. The van der Waals surface area contributed by atoms with Crippen LogP contribution in [0.25, 0.3) is 0 Å². The minimum atomic E-state index is -0.430. The first-order chi connectivity index (χ1) is 7.33. The Hall–Kier alpha value is -2.17. The fourth-order valence-corrected chi connectivity index (χ4v) is 1.69. The van der Waals surface area contributed by atoms with Crippen LogP contribution in [-0.4, -0.2) is 15.2 Å². The Balaban J connectivity index is 2.15. The van der Waals surface area contributed by atoms with Crippen molar-refractivity contribution in [3.8, 4) is 0 Å². The third-order valence-electron chi connectivity index (χ3n) is 2.40. The van der Waals surface area contributed by atoms with Crippen LogP contribution in [0.3, 0.4) is 0 Å². The van der Waals surface area contributed by atoms with Crippen molar-refractivity contribution >= 4 is 11.5 Å². The van der Waals surface area contributed by atoms with Crippen LogP contribution < -0.4 is 11.0 Å². The SMILES string of the molecule is O=c1nc2c(n[nH]1)Cc1ccccc1N2. The molecule has 2 heterocycles. The molecule has 1 aromatic carbocycles. The van der Waals surface area contributed by atoms with Gasteiger partial charge in [0, 0.05) is 12.1 Å². The second-order valence-electron chi connectivity index (χ2n) is 3.39. The van der Waals surface area contributed by atoms with Gasteiger partial charge >= 0.3 is 5.69 Å². The van der Waals surface area contributed by atoms with E-state index in [4.69, 9.17) is 0 Å². The van der Waals surface area contributed by atoms with Crippen LogP contribution in [0.1, 0.15) is 11.3 Å². The number of para-hydroxylation sites is 1. The molecule has 2 aromatic rings. The van der Waals surface area contributed by atoms with E-state index in [1.54, 1.807) is 0 Å². The van der Waals surface area contributed by atoms with Crippen LogP contribution >= 0.6 is 0 Å². The molecule has 1 aliphatic rings. The minimum absolute atomic E-state index is 0.430. The van der Waals surface area contributed by atoms with E-state index in [1.165, 1.54) is 0 Å². The summed E-state index contributed by atoms with van der Waals surface area (Å²) in [5.74, 6) is 0.553. The van der Waals surface area contributed by atoms with Gasteiger partial charge in [-0.1, -0.05) is 18.2 Å². The molecule has 5 heteroatoms. The van der Waals surface area contributed by atoms with Gasteiger partial charge in [0.15, 0.2) is 5.82 Å². The van der Waals surface area contributed by atoms with Gasteiger partial charge in [0.05, 0.1) is 0 Å². The first-order valence-corrected chi connectivity index (χ1v) is 4.63. The van der Waals surface area contributed by atoms with Gasteiger partial charge in [-0.3, -0.25) is 0 Å². The van der Waals surface area contributed by atoms with Gasteiger partial charge in [-0.2, -0.15) is 10.1 Å². The lowest BCUT2D eigenvalue weighted by molar-refractivity contribution is 0.851. The van der Waals surface area contributed by atoms with Gasteiger partial charge in [0.2, 0.25) is 0 Å². The molecule has 74 valence electrons. The summed E-state index contributed by atoms with van der Waals surface area (Å²) in [5, 5.41) is 9.38. The molecule has 0 radical (unpaired) electrons. The predicted molar refractivity (Wildman–Crippen MR) is 55.2 cm³/mol. The molecule has 1 aromatic heterocycles. The van der Waals surface area contributed by atoms with Crippen LogP contribution in [-0.2, 0) is 6.42 Å². The van der Waals surface area contributed by atoms with Crippen molar-refractivity contribution in [3.05, 3.63) is 46.0 Å². The highest BCUT2D eigenvalue weighted by atomic mass is 16.1. The Morgan fingerprint density at radius 1 is 1.27 bits per heavy atom. The van der Waals surface area contributed by atoms with Crippen molar-refractivity contribution < 1.29 is 0 Å². The first kappa shape index (κ1) is 8.16. The van der Waals surface area contributed by atoms with Crippen molar-refractivity contribution in [2.75, 3.05) is 5.32 Å². The van der Waals surface area contributed by atoms with Crippen molar-refractivity contribution in [1.29, 1.82) is 0 Å². The summed E-state index contributed by atoms with van der Waals surface area (Å²) >= 11 is 0. The number of H-pyrrole nitrogens is 1. The summed E-state index contributed by atoms with van der Waals surface area (Å²) in [7, 11) is 0. The van der Waals surface area contributed by atoms with E-state index in [-0.39, 0.29) is 0 Å². The molecule has 0 fully saturated rings. The molecule has 0 bridgehead atoms. The van der Waals surface area contributed by atoms with Crippen molar-refractivity contribution in [2.24, 2.45) is 0 Å². The highest BCUT2D eigenvalue weighted by Gasteiger charge is 2.16. The Morgan fingerprint density at radius 2 is 2.13 bits per heavy atom. The van der Waals surface area contributed by atoms with Crippen LogP contribution in [0.5, 0.6) is 0 Å². The Kier molecular flexibility index (Phi) is 1.58. The van der Waals surface area contributed by atoms with E-state index < -0.39 is 5.69 Å². The molecule has 0 spiro atoms. The first-order valence-electron chi connectivity index (χ1n) is 4.63. The average molecular weight is 200 g/mol. The lowest BCUT2D eigenvalue weighted by atomic mass is 10.0. The lowest BCUT2D eigenvalue weighted by Crippen LogP contribution is -2.20. The number of fused-ring (bicyclic) bond motifs is 2. The van der Waals surface area contributed by atoms with E-state index in [9.17, 15) is 4.79 Å². The molecule has 2 N–H and O–H groups in total. The van der Waals surface area contributed by atoms with Gasteiger partial charge in [0.1, 0.15) is 5.69 Å². The fraction of sp³-hybridized carbons (Fsp3) is 0.100. The van der Waals surface area contributed by atoms with Crippen molar-refractivity contribution in [1.82, 2.24) is 15.2 Å². The Bertz CT molecular complexity index is 576. The number of aromatic amines is 1. The molecule has 0 atom stereocenters. The van der Waals surface area contributed by atoms with Crippen molar-refractivity contribution in [2.45, 2.75) is 6.42 Å². The molecule has 0 amide bonds. The highest BCUT2D eigenvalue weighted by molar-refractivity contribution is 5.66. The number of benzene rings is 1.